The summed E-state index contributed by atoms with van der Waals surface area (Å²) in [6.07, 6.45) is 7.54. The van der Waals surface area contributed by atoms with Gasteiger partial charge in [-0.1, -0.05) is 6.42 Å². The number of aromatic nitrogens is 1. The normalized spacial score (nSPS) is 19.9. The summed E-state index contributed by atoms with van der Waals surface area (Å²) in [6, 6.07) is 4.20. The highest BCUT2D eigenvalue weighted by Crippen LogP contribution is 2.05. The second-order valence-corrected chi connectivity index (χ2v) is 4.48. The Bertz CT molecular complexity index is 347. The van der Waals surface area contributed by atoms with Crippen LogP contribution in [0.25, 0.3) is 0 Å². The van der Waals surface area contributed by atoms with Crippen molar-refractivity contribution in [2.75, 3.05) is 13.1 Å². The van der Waals surface area contributed by atoms with E-state index in [0.29, 0.717) is 12.5 Å². The first-order valence-electron chi connectivity index (χ1n) is 6.23. The summed E-state index contributed by atoms with van der Waals surface area (Å²) in [4.78, 5) is 15.6. The number of carbonyl (C=O) groups is 1. The number of carbonyl (C=O) groups excluding carboxylic acids is 1. The molecule has 17 heavy (non-hydrogen) atoms. The van der Waals surface area contributed by atoms with Gasteiger partial charge < -0.3 is 10.6 Å². The molecule has 1 atom stereocenters. The minimum absolute atomic E-state index is 0.0866. The Morgan fingerprint density at radius 2 is 2.24 bits per heavy atom. The van der Waals surface area contributed by atoms with Crippen LogP contribution in [0, 0.1) is 0 Å². The lowest BCUT2D eigenvalue weighted by atomic mass is 10.1. The second-order valence-electron chi connectivity index (χ2n) is 4.48. The van der Waals surface area contributed by atoms with E-state index in [1.54, 1.807) is 12.4 Å². The number of rotatable bonds is 4. The van der Waals surface area contributed by atoms with Crippen molar-refractivity contribution in [2.45, 2.75) is 31.7 Å². The Morgan fingerprint density at radius 1 is 1.41 bits per heavy atom. The van der Waals surface area contributed by atoms with E-state index in [1.807, 2.05) is 12.1 Å². The Hall–Kier alpha value is -1.42. The van der Waals surface area contributed by atoms with Crippen LogP contribution in [0.15, 0.2) is 24.5 Å². The van der Waals surface area contributed by atoms with Gasteiger partial charge in [-0.05, 0) is 37.1 Å². The molecule has 1 aromatic rings. The highest BCUT2D eigenvalue weighted by molar-refractivity contribution is 5.78. The van der Waals surface area contributed by atoms with Crippen LogP contribution in [0.4, 0.5) is 0 Å². The van der Waals surface area contributed by atoms with Crippen LogP contribution in [0.1, 0.15) is 24.8 Å². The van der Waals surface area contributed by atoms with Crippen molar-refractivity contribution >= 4 is 5.91 Å². The zero-order valence-electron chi connectivity index (χ0n) is 9.98. The molecule has 1 aliphatic heterocycles. The van der Waals surface area contributed by atoms with Gasteiger partial charge in [0.2, 0.25) is 5.91 Å². The molecule has 1 aliphatic rings. The first kappa shape index (κ1) is 12.0. The van der Waals surface area contributed by atoms with Crippen LogP contribution in [0.5, 0.6) is 0 Å². The third kappa shape index (κ3) is 4.15. The van der Waals surface area contributed by atoms with E-state index in [-0.39, 0.29) is 5.91 Å². The van der Waals surface area contributed by atoms with Crippen molar-refractivity contribution < 1.29 is 4.79 Å². The lowest BCUT2D eigenvalue weighted by Crippen LogP contribution is -2.43. The summed E-state index contributed by atoms with van der Waals surface area (Å²) in [5.41, 5.74) is 1.01. The Balaban J connectivity index is 1.70. The molecule has 0 radical (unpaired) electrons. The number of hydrogen-bond acceptors (Lipinski definition) is 3. The maximum absolute atomic E-state index is 11.7. The van der Waals surface area contributed by atoms with E-state index in [1.165, 1.54) is 12.8 Å². The predicted molar refractivity (Wildman–Crippen MR) is 66.6 cm³/mol. The standard InChI is InChI=1S/C13H19N3O/c17-13(9-11-4-7-14-8-5-11)16-10-12-3-1-2-6-15-12/h4-5,7-8,12,15H,1-3,6,9-10H2,(H,16,17). The largest absolute Gasteiger partial charge is 0.354 e. The number of nitrogens with zero attached hydrogens (tertiary/aromatic N) is 1. The van der Waals surface area contributed by atoms with Crippen molar-refractivity contribution in [2.24, 2.45) is 0 Å². The highest BCUT2D eigenvalue weighted by Gasteiger charge is 2.13. The number of amides is 1. The summed E-state index contributed by atoms with van der Waals surface area (Å²) in [5, 5.41) is 6.39. The monoisotopic (exact) mass is 233 g/mol. The maximum atomic E-state index is 11.7. The number of piperidine rings is 1. The Morgan fingerprint density at radius 3 is 2.94 bits per heavy atom. The Labute approximate surface area is 102 Å². The summed E-state index contributed by atoms with van der Waals surface area (Å²) >= 11 is 0. The molecule has 2 rings (SSSR count). The summed E-state index contributed by atoms with van der Waals surface area (Å²) in [7, 11) is 0. The fraction of sp³-hybridized carbons (Fsp3) is 0.538. The van der Waals surface area contributed by atoms with Gasteiger partial charge in [-0.15, -0.1) is 0 Å². The smallest absolute Gasteiger partial charge is 0.224 e. The maximum Gasteiger partial charge on any atom is 0.224 e. The first-order valence-corrected chi connectivity index (χ1v) is 6.23. The third-order valence-corrected chi connectivity index (χ3v) is 3.07. The number of pyridine rings is 1. The highest BCUT2D eigenvalue weighted by atomic mass is 16.1. The number of hydrogen-bond donors (Lipinski definition) is 2. The van der Waals surface area contributed by atoms with Gasteiger partial charge in [0.1, 0.15) is 0 Å². The van der Waals surface area contributed by atoms with Crippen LogP contribution in [0.3, 0.4) is 0 Å². The van der Waals surface area contributed by atoms with Crippen molar-refractivity contribution in [3.63, 3.8) is 0 Å². The molecule has 2 heterocycles. The van der Waals surface area contributed by atoms with Gasteiger partial charge in [0.15, 0.2) is 0 Å². The molecule has 1 unspecified atom stereocenters. The molecule has 92 valence electrons. The van der Waals surface area contributed by atoms with Crippen molar-refractivity contribution in [3.8, 4) is 0 Å². The molecule has 2 N–H and O–H groups in total. The van der Waals surface area contributed by atoms with Crippen LogP contribution < -0.4 is 10.6 Å². The molecule has 1 amide bonds. The molecule has 1 fully saturated rings. The molecule has 4 nitrogen and oxygen atoms in total. The van der Waals surface area contributed by atoms with Crippen molar-refractivity contribution in [3.05, 3.63) is 30.1 Å². The second kappa shape index (κ2) is 6.35. The average molecular weight is 233 g/mol. The van der Waals surface area contributed by atoms with E-state index in [4.69, 9.17) is 0 Å². The SMILES string of the molecule is O=C(Cc1ccncc1)NCC1CCCCN1. The number of nitrogens with one attached hydrogen (secondary N) is 2. The van der Waals surface area contributed by atoms with Crippen LogP contribution in [-0.2, 0) is 11.2 Å². The average Bonchev–Trinajstić information content (AvgIpc) is 2.39. The lowest BCUT2D eigenvalue weighted by Gasteiger charge is -2.23. The fourth-order valence-corrected chi connectivity index (χ4v) is 2.08. The lowest BCUT2D eigenvalue weighted by molar-refractivity contribution is -0.120. The topological polar surface area (TPSA) is 54.0 Å². The van der Waals surface area contributed by atoms with E-state index in [9.17, 15) is 4.79 Å². The van der Waals surface area contributed by atoms with E-state index in [0.717, 1.165) is 25.1 Å². The van der Waals surface area contributed by atoms with E-state index >= 15 is 0 Å². The Kier molecular flexibility index (Phi) is 4.50. The fourth-order valence-electron chi connectivity index (χ4n) is 2.08. The molecule has 0 aliphatic carbocycles. The van der Waals surface area contributed by atoms with Crippen LogP contribution in [-0.4, -0.2) is 30.0 Å². The quantitative estimate of drug-likeness (QED) is 0.812. The van der Waals surface area contributed by atoms with Gasteiger partial charge in [0, 0.05) is 25.0 Å². The molecule has 0 spiro atoms. The molecule has 0 aromatic carbocycles. The van der Waals surface area contributed by atoms with Crippen LogP contribution in [0.2, 0.25) is 0 Å². The molecule has 4 heteroatoms. The van der Waals surface area contributed by atoms with E-state index < -0.39 is 0 Å². The molecular formula is C13H19N3O. The first-order chi connectivity index (χ1) is 8.34. The van der Waals surface area contributed by atoms with Gasteiger partial charge >= 0.3 is 0 Å². The molecule has 1 saturated heterocycles. The predicted octanol–water partition coefficient (Wildman–Crippen LogP) is 0.882. The van der Waals surface area contributed by atoms with Gasteiger partial charge in [-0.25, -0.2) is 0 Å². The summed E-state index contributed by atoms with van der Waals surface area (Å²) in [6.45, 7) is 1.81. The van der Waals surface area contributed by atoms with Gasteiger partial charge in [0.05, 0.1) is 6.42 Å². The van der Waals surface area contributed by atoms with Gasteiger partial charge in [-0.3, -0.25) is 9.78 Å². The molecule has 0 bridgehead atoms. The minimum Gasteiger partial charge on any atom is -0.354 e. The van der Waals surface area contributed by atoms with Crippen molar-refractivity contribution in [1.82, 2.24) is 15.6 Å². The summed E-state index contributed by atoms with van der Waals surface area (Å²) in [5.74, 6) is 0.0866. The molecular weight excluding hydrogens is 214 g/mol. The third-order valence-electron chi connectivity index (χ3n) is 3.07. The molecule has 0 saturated carbocycles. The summed E-state index contributed by atoms with van der Waals surface area (Å²) < 4.78 is 0. The minimum atomic E-state index is 0.0866. The zero-order chi connectivity index (χ0) is 11.9. The van der Waals surface area contributed by atoms with Gasteiger partial charge in [-0.2, -0.15) is 0 Å². The van der Waals surface area contributed by atoms with Gasteiger partial charge in [0.25, 0.3) is 0 Å². The zero-order valence-corrected chi connectivity index (χ0v) is 9.98. The van der Waals surface area contributed by atoms with E-state index in [2.05, 4.69) is 15.6 Å². The molecule has 1 aromatic heterocycles. The van der Waals surface area contributed by atoms with Crippen LogP contribution >= 0.6 is 0 Å². The van der Waals surface area contributed by atoms with Crippen molar-refractivity contribution in [1.29, 1.82) is 0 Å².